The summed E-state index contributed by atoms with van der Waals surface area (Å²) in [5, 5.41) is 2.03. The Morgan fingerprint density at radius 2 is 1.74 bits per heavy atom. The number of rotatable bonds is 1. The van der Waals surface area contributed by atoms with Gasteiger partial charge in [0.2, 0.25) is 0 Å². The van der Waals surface area contributed by atoms with E-state index in [1.807, 2.05) is 42.6 Å². The van der Waals surface area contributed by atoms with Gasteiger partial charge in [-0.1, -0.05) is 24.3 Å². The molecule has 0 saturated carbocycles. The Hall–Kier alpha value is -3.27. The van der Waals surface area contributed by atoms with Gasteiger partial charge >= 0.3 is 0 Å². The van der Waals surface area contributed by atoms with E-state index in [1.54, 1.807) is 12.4 Å². The first-order valence-corrected chi connectivity index (χ1v) is 7.37. The first-order chi connectivity index (χ1) is 11.4. The lowest BCUT2D eigenvalue weighted by atomic mass is 10.1. The van der Waals surface area contributed by atoms with Crippen LogP contribution >= 0.6 is 0 Å². The fourth-order valence-corrected chi connectivity index (χ4v) is 2.95. The number of benzene rings is 1. The molecule has 0 radical (unpaired) electrons. The Morgan fingerprint density at radius 1 is 0.783 bits per heavy atom. The van der Waals surface area contributed by atoms with Gasteiger partial charge in [0.15, 0.2) is 5.58 Å². The second kappa shape index (κ2) is 4.61. The highest BCUT2D eigenvalue weighted by molar-refractivity contribution is 6.03. The van der Waals surface area contributed by atoms with Gasteiger partial charge in [-0.3, -0.25) is 9.97 Å². The minimum atomic E-state index is 0.768. The van der Waals surface area contributed by atoms with E-state index in [4.69, 9.17) is 9.40 Å². The number of hydrogen-bond acceptors (Lipinski definition) is 4. The van der Waals surface area contributed by atoms with Gasteiger partial charge in [0, 0.05) is 29.5 Å². The molecule has 0 aliphatic carbocycles. The van der Waals surface area contributed by atoms with Gasteiger partial charge in [0.25, 0.3) is 0 Å². The fraction of sp³-hybridized carbons (Fsp3) is 0. The molecule has 0 aliphatic heterocycles. The Kier molecular flexibility index (Phi) is 2.46. The fourth-order valence-electron chi connectivity index (χ4n) is 2.95. The summed E-state index contributed by atoms with van der Waals surface area (Å²) in [6.45, 7) is 0. The molecule has 0 fully saturated rings. The zero-order chi connectivity index (χ0) is 15.2. The molecule has 0 aliphatic rings. The van der Waals surface area contributed by atoms with Gasteiger partial charge < -0.3 is 4.42 Å². The van der Waals surface area contributed by atoms with Crippen molar-refractivity contribution in [3.63, 3.8) is 0 Å². The molecule has 108 valence electrons. The maximum Gasteiger partial charge on any atom is 0.153 e. The monoisotopic (exact) mass is 297 g/mol. The average molecular weight is 297 g/mol. The molecule has 0 bridgehead atoms. The molecule has 23 heavy (non-hydrogen) atoms. The SMILES string of the molecule is c1cnc2c(-c3ccc4oc5ccncc5c4n3)cccc2c1. The third kappa shape index (κ3) is 1.82. The van der Waals surface area contributed by atoms with Crippen molar-refractivity contribution in [1.29, 1.82) is 0 Å². The predicted molar refractivity (Wildman–Crippen MR) is 90.0 cm³/mol. The topological polar surface area (TPSA) is 51.8 Å². The van der Waals surface area contributed by atoms with Gasteiger partial charge in [0.05, 0.1) is 16.6 Å². The minimum Gasteiger partial charge on any atom is -0.454 e. The lowest BCUT2D eigenvalue weighted by molar-refractivity contribution is 0.667. The Balaban J connectivity index is 1.84. The van der Waals surface area contributed by atoms with Gasteiger partial charge in [-0.05, 0) is 24.3 Å². The Morgan fingerprint density at radius 3 is 2.74 bits per heavy atom. The molecule has 0 atom stereocenters. The molecule has 5 aromatic rings. The number of furan rings is 1. The molecule has 5 rings (SSSR count). The average Bonchev–Trinajstić information content (AvgIpc) is 2.99. The third-order valence-corrected chi connectivity index (χ3v) is 4.02. The van der Waals surface area contributed by atoms with E-state index in [2.05, 4.69) is 22.1 Å². The first-order valence-electron chi connectivity index (χ1n) is 7.37. The highest BCUT2D eigenvalue weighted by atomic mass is 16.3. The molecule has 4 aromatic heterocycles. The van der Waals surface area contributed by atoms with E-state index < -0.39 is 0 Å². The zero-order valence-electron chi connectivity index (χ0n) is 12.1. The molecule has 0 spiro atoms. The highest BCUT2D eigenvalue weighted by Gasteiger charge is 2.11. The summed E-state index contributed by atoms with van der Waals surface area (Å²) in [5.74, 6) is 0. The largest absolute Gasteiger partial charge is 0.454 e. The van der Waals surface area contributed by atoms with Crippen molar-refractivity contribution in [2.75, 3.05) is 0 Å². The van der Waals surface area contributed by atoms with Crippen LogP contribution in [0.15, 0.2) is 71.5 Å². The third-order valence-electron chi connectivity index (χ3n) is 4.02. The van der Waals surface area contributed by atoms with Crippen LogP contribution < -0.4 is 0 Å². The van der Waals surface area contributed by atoms with Crippen LogP contribution in [0.5, 0.6) is 0 Å². The van der Waals surface area contributed by atoms with Crippen LogP contribution in [0.2, 0.25) is 0 Å². The second-order valence-corrected chi connectivity index (χ2v) is 5.40. The quantitative estimate of drug-likeness (QED) is 0.454. The van der Waals surface area contributed by atoms with Crippen LogP contribution in [0.25, 0.3) is 44.2 Å². The van der Waals surface area contributed by atoms with Crippen LogP contribution in [0.1, 0.15) is 0 Å². The summed E-state index contributed by atoms with van der Waals surface area (Å²) < 4.78 is 5.81. The summed E-state index contributed by atoms with van der Waals surface area (Å²) in [6, 6.07) is 15.9. The predicted octanol–water partition coefficient (Wildman–Crippen LogP) is 4.59. The van der Waals surface area contributed by atoms with Crippen LogP contribution in [-0.2, 0) is 0 Å². The summed E-state index contributed by atoms with van der Waals surface area (Å²) in [4.78, 5) is 13.5. The van der Waals surface area contributed by atoms with E-state index in [9.17, 15) is 0 Å². The number of nitrogens with zero attached hydrogens (tertiary/aromatic N) is 3. The van der Waals surface area contributed by atoms with Crippen LogP contribution in [-0.4, -0.2) is 15.0 Å². The minimum absolute atomic E-state index is 0.768. The molecular formula is C19H11N3O. The molecule has 0 amide bonds. The van der Waals surface area contributed by atoms with Crippen LogP contribution in [0.4, 0.5) is 0 Å². The van der Waals surface area contributed by atoms with E-state index in [0.717, 1.165) is 44.2 Å². The first kappa shape index (κ1) is 12.3. The number of para-hydroxylation sites is 1. The van der Waals surface area contributed by atoms with Crippen molar-refractivity contribution in [3.05, 3.63) is 67.1 Å². The van der Waals surface area contributed by atoms with Gasteiger partial charge in [-0.25, -0.2) is 4.98 Å². The van der Waals surface area contributed by atoms with Crippen molar-refractivity contribution < 1.29 is 4.42 Å². The molecule has 0 N–H and O–H groups in total. The van der Waals surface area contributed by atoms with Gasteiger partial charge in [-0.15, -0.1) is 0 Å². The summed E-state index contributed by atoms with van der Waals surface area (Å²) >= 11 is 0. The number of hydrogen-bond donors (Lipinski definition) is 0. The molecule has 0 saturated heterocycles. The van der Waals surface area contributed by atoms with Crippen LogP contribution in [0, 0.1) is 0 Å². The molecule has 0 unspecified atom stereocenters. The van der Waals surface area contributed by atoms with E-state index in [0.29, 0.717) is 0 Å². The molecule has 4 nitrogen and oxygen atoms in total. The highest BCUT2D eigenvalue weighted by Crippen LogP contribution is 2.31. The Labute approximate surface area is 131 Å². The van der Waals surface area contributed by atoms with Crippen molar-refractivity contribution in [2.24, 2.45) is 0 Å². The van der Waals surface area contributed by atoms with E-state index >= 15 is 0 Å². The van der Waals surface area contributed by atoms with Crippen molar-refractivity contribution in [2.45, 2.75) is 0 Å². The van der Waals surface area contributed by atoms with Crippen molar-refractivity contribution >= 4 is 33.0 Å². The number of pyridine rings is 3. The van der Waals surface area contributed by atoms with Gasteiger partial charge in [0.1, 0.15) is 11.1 Å². The Bertz CT molecular complexity index is 1170. The van der Waals surface area contributed by atoms with Crippen molar-refractivity contribution in [1.82, 2.24) is 15.0 Å². The summed E-state index contributed by atoms with van der Waals surface area (Å²) in [6.07, 6.45) is 5.32. The van der Waals surface area contributed by atoms with Crippen LogP contribution in [0.3, 0.4) is 0 Å². The number of fused-ring (bicyclic) bond motifs is 4. The molecule has 1 aromatic carbocycles. The molecule has 4 heteroatoms. The smallest absolute Gasteiger partial charge is 0.153 e. The van der Waals surface area contributed by atoms with Crippen molar-refractivity contribution in [3.8, 4) is 11.3 Å². The van der Waals surface area contributed by atoms with E-state index in [-0.39, 0.29) is 0 Å². The summed E-state index contributed by atoms with van der Waals surface area (Å²) in [5.41, 5.74) is 5.25. The normalized spacial score (nSPS) is 11.5. The number of aromatic nitrogens is 3. The lowest BCUT2D eigenvalue weighted by Gasteiger charge is -2.05. The second-order valence-electron chi connectivity index (χ2n) is 5.40. The molecule has 4 heterocycles. The lowest BCUT2D eigenvalue weighted by Crippen LogP contribution is -1.87. The summed E-state index contributed by atoms with van der Waals surface area (Å²) in [7, 11) is 0. The molecular weight excluding hydrogens is 286 g/mol. The standard InChI is InChI=1S/C19H11N3O/c1-3-12-4-2-9-21-18(12)13(5-1)15-6-7-17-19(22-15)14-11-20-10-8-16(14)23-17/h1-11H. The van der Waals surface area contributed by atoms with E-state index in [1.165, 1.54) is 0 Å². The maximum atomic E-state index is 5.81. The zero-order valence-corrected chi connectivity index (χ0v) is 12.1. The van der Waals surface area contributed by atoms with Gasteiger partial charge in [-0.2, -0.15) is 0 Å². The maximum absolute atomic E-state index is 5.81.